The maximum atomic E-state index is 11.7. The Hall–Kier alpha value is -5.58. The molecule has 54 heavy (non-hydrogen) atoms. The molecule has 6 rings (SSSR count). The van der Waals surface area contributed by atoms with Crippen molar-refractivity contribution in [2.45, 2.75) is 65.8 Å². The number of rotatable bonds is 8. The average Bonchev–Trinajstić information content (AvgIpc) is 3.94. The van der Waals surface area contributed by atoms with E-state index in [0.29, 0.717) is 17.3 Å². The summed E-state index contributed by atoms with van der Waals surface area (Å²) in [7, 11) is -1.65. The summed E-state index contributed by atoms with van der Waals surface area (Å²) < 4.78 is 32.8. The van der Waals surface area contributed by atoms with Crippen LogP contribution in [0.2, 0.25) is 0 Å². The van der Waals surface area contributed by atoms with Gasteiger partial charge < -0.3 is 47.8 Å². The van der Waals surface area contributed by atoms with Gasteiger partial charge in [-0.15, -0.1) is 0 Å². The van der Waals surface area contributed by atoms with Crippen LogP contribution in [0.1, 0.15) is 53.1 Å². The summed E-state index contributed by atoms with van der Waals surface area (Å²) in [6.45, 7) is 11.1. The van der Waals surface area contributed by atoms with Crippen molar-refractivity contribution >= 4 is 40.9 Å². The number of amides is 2. The Bertz CT molecular complexity index is 2050. The largest absolute Gasteiger partial charge is 0.526 e. The standard InChI is InChI=1S/C19H20N2O4.C10H16BNO5.C9H6BrNO/c1-19(2,3)25-18(22)21-11-13-6-7-17(24-13)15-12-20-9-8-14(15)16-5-4-10-23-16;1-10(2,3)17-9(13)12-6-7-4-5-8(16-7)11(14)15;10-8-6-11-4-3-7(8)9-2-1-5-12-9/h4-10,12H,11H2,1-3H3,(H,21,22);4-5,14-15H,6H2,1-3H3,(H,12,13);1-6H. The molecule has 0 saturated carbocycles. The van der Waals surface area contributed by atoms with E-state index < -0.39 is 30.5 Å². The first-order valence-electron chi connectivity index (χ1n) is 16.7. The average molecular weight is 805 g/mol. The zero-order valence-corrected chi connectivity index (χ0v) is 32.2. The van der Waals surface area contributed by atoms with Crippen molar-refractivity contribution in [2.75, 3.05) is 0 Å². The first-order chi connectivity index (χ1) is 25.6. The zero-order valence-electron chi connectivity index (χ0n) is 30.7. The Balaban J connectivity index is 0.000000194. The molecule has 0 aromatic carbocycles. The molecule has 0 unspecified atom stereocenters. The van der Waals surface area contributed by atoms with Crippen LogP contribution in [-0.4, -0.2) is 50.5 Å². The molecule has 6 aromatic rings. The predicted molar refractivity (Wildman–Crippen MR) is 204 cm³/mol. The maximum Gasteiger partial charge on any atom is 0.526 e. The third-order valence-electron chi connectivity index (χ3n) is 6.64. The molecule has 14 nitrogen and oxygen atoms in total. The van der Waals surface area contributed by atoms with Gasteiger partial charge in [-0.05, 0) is 118 Å². The summed E-state index contributed by atoms with van der Waals surface area (Å²) in [5.74, 6) is 3.28. The molecule has 0 spiro atoms. The minimum absolute atomic E-state index is 0.0333. The van der Waals surface area contributed by atoms with Gasteiger partial charge >= 0.3 is 19.3 Å². The number of halogens is 1. The first kappa shape index (κ1) is 41.2. The summed E-state index contributed by atoms with van der Waals surface area (Å²) in [4.78, 5) is 31.2. The van der Waals surface area contributed by atoms with Crippen LogP contribution in [0.25, 0.3) is 34.0 Å². The first-order valence-corrected chi connectivity index (χ1v) is 17.5. The highest BCUT2D eigenvalue weighted by Crippen LogP contribution is 2.32. The molecule has 0 radical (unpaired) electrons. The van der Waals surface area contributed by atoms with Crippen LogP contribution in [0.15, 0.2) is 120 Å². The number of hydrogen-bond donors (Lipinski definition) is 4. The molecule has 0 aliphatic rings. The van der Waals surface area contributed by atoms with Gasteiger partial charge in [0, 0.05) is 46.0 Å². The highest BCUT2D eigenvalue weighted by atomic mass is 79.9. The lowest BCUT2D eigenvalue weighted by atomic mass is 9.88. The van der Waals surface area contributed by atoms with Crippen molar-refractivity contribution in [3.05, 3.63) is 114 Å². The molecule has 0 atom stereocenters. The second-order valence-electron chi connectivity index (χ2n) is 13.4. The third-order valence-corrected chi connectivity index (χ3v) is 7.27. The Morgan fingerprint density at radius 1 is 0.685 bits per heavy atom. The van der Waals surface area contributed by atoms with Crippen molar-refractivity contribution in [1.82, 2.24) is 20.6 Å². The monoisotopic (exact) mass is 804 g/mol. The van der Waals surface area contributed by atoms with E-state index in [2.05, 4.69) is 36.5 Å². The van der Waals surface area contributed by atoms with Crippen LogP contribution >= 0.6 is 15.9 Å². The molecular weight excluding hydrogens is 763 g/mol. The van der Waals surface area contributed by atoms with Crippen molar-refractivity contribution in [3.63, 3.8) is 0 Å². The number of carbonyl (C=O) groups is 2. The summed E-state index contributed by atoms with van der Waals surface area (Å²) in [5, 5.41) is 22.8. The highest BCUT2D eigenvalue weighted by Gasteiger charge is 2.19. The van der Waals surface area contributed by atoms with Gasteiger partial charge in [-0.2, -0.15) is 0 Å². The molecule has 4 N–H and O–H groups in total. The van der Waals surface area contributed by atoms with Crippen molar-refractivity contribution < 1.29 is 46.8 Å². The summed E-state index contributed by atoms with van der Waals surface area (Å²) in [6.07, 6.45) is 9.15. The lowest BCUT2D eigenvalue weighted by Gasteiger charge is -2.19. The zero-order chi connectivity index (χ0) is 39.3. The summed E-state index contributed by atoms with van der Waals surface area (Å²) in [5.41, 5.74) is 1.68. The van der Waals surface area contributed by atoms with E-state index in [1.165, 1.54) is 6.07 Å². The molecule has 0 fully saturated rings. The minimum Gasteiger partial charge on any atom is -0.468 e. The molecule has 0 saturated heterocycles. The van der Waals surface area contributed by atoms with Gasteiger partial charge in [-0.25, -0.2) is 9.59 Å². The maximum absolute atomic E-state index is 11.7. The van der Waals surface area contributed by atoms with Crippen LogP contribution in [0.4, 0.5) is 9.59 Å². The van der Waals surface area contributed by atoms with Crippen LogP contribution in [-0.2, 0) is 22.6 Å². The quantitative estimate of drug-likeness (QED) is 0.110. The van der Waals surface area contributed by atoms with E-state index in [9.17, 15) is 9.59 Å². The lowest BCUT2D eigenvalue weighted by molar-refractivity contribution is 0.0509. The van der Waals surface area contributed by atoms with Crippen LogP contribution in [0.3, 0.4) is 0 Å². The van der Waals surface area contributed by atoms with E-state index in [-0.39, 0.29) is 18.7 Å². The van der Waals surface area contributed by atoms with Crippen molar-refractivity contribution in [3.8, 4) is 34.0 Å². The van der Waals surface area contributed by atoms with E-state index in [4.69, 9.17) is 37.2 Å². The fourth-order valence-electron chi connectivity index (χ4n) is 4.44. The van der Waals surface area contributed by atoms with Crippen LogP contribution < -0.4 is 16.3 Å². The third kappa shape index (κ3) is 13.4. The van der Waals surface area contributed by atoms with E-state index in [1.807, 2.05) is 69.3 Å². The Morgan fingerprint density at radius 3 is 1.70 bits per heavy atom. The Morgan fingerprint density at radius 2 is 1.20 bits per heavy atom. The van der Waals surface area contributed by atoms with Crippen LogP contribution in [0, 0.1) is 0 Å². The van der Waals surface area contributed by atoms with Gasteiger partial charge in [0.2, 0.25) is 0 Å². The second-order valence-corrected chi connectivity index (χ2v) is 14.2. The predicted octanol–water partition coefficient (Wildman–Crippen LogP) is 7.71. The molecule has 2 amide bonds. The van der Waals surface area contributed by atoms with Gasteiger partial charge in [0.1, 0.15) is 45.7 Å². The molecule has 0 aliphatic carbocycles. The number of carbonyl (C=O) groups excluding carboxylic acids is 2. The molecular formula is C38H42BBrN4O10. The van der Waals surface area contributed by atoms with E-state index in [0.717, 1.165) is 32.7 Å². The van der Waals surface area contributed by atoms with Crippen molar-refractivity contribution in [1.29, 1.82) is 0 Å². The number of furan rings is 4. The molecule has 0 bridgehead atoms. The number of ether oxygens (including phenoxy) is 2. The highest BCUT2D eigenvalue weighted by molar-refractivity contribution is 9.10. The number of nitrogens with zero attached hydrogens (tertiary/aromatic N) is 2. The summed E-state index contributed by atoms with van der Waals surface area (Å²) in [6, 6.07) is 17.9. The number of hydrogen-bond acceptors (Lipinski definition) is 12. The minimum atomic E-state index is -1.65. The smallest absolute Gasteiger partial charge is 0.468 e. The van der Waals surface area contributed by atoms with Gasteiger partial charge in [0.25, 0.3) is 0 Å². The molecule has 284 valence electrons. The van der Waals surface area contributed by atoms with Gasteiger partial charge in [-0.1, -0.05) is 0 Å². The number of aromatic nitrogens is 2. The van der Waals surface area contributed by atoms with Gasteiger partial charge in [-0.3, -0.25) is 9.97 Å². The fourth-order valence-corrected chi connectivity index (χ4v) is 4.88. The molecule has 0 aliphatic heterocycles. The van der Waals surface area contributed by atoms with Crippen LogP contribution in [0.5, 0.6) is 0 Å². The molecule has 6 heterocycles. The molecule has 6 aromatic heterocycles. The molecule has 16 heteroatoms. The van der Waals surface area contributed by atoms with E-state index >= 15 is 0 Å². The van der Waals surface area contributed by atoms with E-state index in [1.54, 1.807) is 64.2 Å². The summed E-state index contributed by atoms with van der Waals surface area (Å²) >= 11 is 3.40. The number of pyridine rings is 2. The second kappa shape index (κ2) is 19.0. The SMILES string of the molecule is Brc1cnccc1-c1ccco1.CC(C)(C)OC(=O)NCc1ccc(-c2cnccc2-c2ccco2)o1.CC(C)(C)OC(=O)NCc1ccc(B(O)O)o1. The topological polar surface area (TPSA) is 195 Å². The normalized spacial score (nSPS) is 11.0. The van der Waals surface area contributed by atoms with Crippen molar-refractivity contribution in [2.24, 2.45) is 0 Å². The Kier molecular flexibility index (Phi) is 14.5. The lowest BCUT2D eigenvalue weighted by Crippen LogP contribution is -2.32. The van der Waals surface area contributed by atoms with Gasteiger partial charge in [0.05, 0.1) is 25.6 Å². The van der Waals surface area contributed by atoms with Gasteiger partial charge in [0.15, 0.2) is 0 Å². The number of nitrogens with one attached hydrogen (secondary N) is 2. The fraction of sp³-hybridized carbons (Fsp3) is 0.263. The Labute approximate surface area is 321 Å². The number of alkyl carbamates (subject to hydrolysis) is 2.